The van der Waals surface area contributed by atoms with E-state index in [0.29, 0.717) is 10.2 Å². The first-order chi connectivity index (χ1) is 3.18. The van der Waals surface area contributed by atoms with Crippen molar-refractivity contribution in [3.63, 3.8) is 0 Å². The van der Waals surface area contributed by atoms with Gasteiger partial charge in [-0.25, -0.2) is 0 Å². The van der Waals surface area contributed by atoms with Gasteiger partial charge in [0.15, 0.2) is 0 Å². The van der Waals surface area contributed by atoms with Crippen LogP contribution in [0, 0.1) is 0 Å². The van der Waals surface area contributed by atoms with Gasteiger partial charge in [-0.05, 0) is 0 Å². The molecule has 0 saturated carbocycles. The van der Waals surface area contributed by atoms with E-state index in [1.54, 1.807) is 0 Å². The van der Waals surface area contributed by atoms with E-state index < -0.39 is 5.97 Å². The number of rotatable bonds is 2. The highest BCUT2D eigenvalue weighted by atomic mass is 28.1. The molecule has 0 aliphatic carbocycles. The molecule has 3 heteroatoms. The molecule has 0 fully saturated rings. The molecule has 0 aromatic carbocycles. The van der Waals surface area contributed by atoms with Crippen LogP contribution >= 0.6 is 0 Å². The Morgan fingerprint density at radius 2 is 2.43 bits per heavy atom. The first kappa shape index (κ1) is 6.43. The molecule has 0 amide bonds. The summed E-state index contributed by atoms with van der Waals surface area (Å²) in [5.41, 5.74) is -0.278. The Morgan fingerprint density at radius 1 is 2.00 bits per heavy atom. The minimum Gasteiger partial charge on any atom is -0.481 e. The summed E-state index contributed by atoms with van der Waals surface area (Å²) in [7, 11) is 0.657. The van der Waals surface area contributed by atoms with Crippen LogP contribution in [0.25, 0.3) is 0 Å². The summed E-state index contributed by atoms with van der Waals surface area (Å²) >= 11 is 0. The van der Waals surface area contributed by atoms with Gasteiger partial charge in [-0.15, -0.1) is 6.58 Å². The van der Waals surface area contributed by atoms with E-state index in [0.717, 1.165) is 0 Å². The van der Waals surface area contributed by atoms with Crippen molar-refractivity contribution in [2.24, 2.45) is 0 Å². The lowest BCUT2D eigenvalue weighted by Crippen LogP contribution is -2.02. The zero-order valence-electron chi connectivity index (χ0n) is 4.22. The first-order valence-corrected chi connectivity index (χ1v) is 3.19. The molecule has 7 heavy (non-hydrogen) atoms. The topological polar surface area (TPSA) is 37.3 Å². The average molecular weight is 116 g/mol. The molecule has 0 heterocycles. The Balaban J connectivity index is 3.55. The van der Waals surface area contributed by atoms with Crippen LogP contribution in [0.2, 0.25) is 5.54 Å². The highest BCUT2D eigenvalue weighted by Crippen LogP contribution is 1.95. The van der Waals surface area contributed by atoms with Crippen LogP contribution in [0.5, 0.6) is 0 Å². The predicted molar refractivity (Wildman–Crippen MR) is 31.5 cm³/mol. The number of hydrogen-bond donors (Lipinski definition) is 1. The molecule has 0 radical (unpaired) electrons. The van der Waals surface area contributed by atoms with Gasteiger partial charge in [0.2, 0.25) is 0 Å². The molecule has 1 N–H and O–H groups in total. The Labute approximate surface area is 45.3 Å². The van der Waals surface area contributed by atoms with Crippen LogP contribution < -0.4 is 0 Å². The fourth-order valence-electron chi connectivity index (χ4n) is 0.101. The van der Waals surface area contributed by atoms with E-state index in [9.17, 15) is 4.79 Å². The number of carboxylic acid groups (broad SMARTS) is 1. The molecule has 0 aliphatic heterocycles. The van der Waals surface area contributed by atoms with Crippen molar-refractivity contribution in [3.05, 3.63) is 12.7 Å². The Bertz CT molecular complexity index is 89.7. The Kier molecular flexibility index (Phi) is 2.36. The maximum atomic E-state index is 9.89. The second kappa shape index (κ2) is 2.57. The van der Waals surface area contributed by atoms with Gasteiger partial charge in [-0.1, -0.05) is 6.08 Å². The van der Waals surface area contributed by atoms with Crippen LogP contribution in [0.1, 0.15) is 0 Å². The van der Waals surface area contributed by atoms with Gasteiger partial charge < -0.3 is 5.11 Å². The van der Waals surface area contributed by atoms with E-state index >= 15 is 0 Å². The monoisotopic (exact) mass is 116 g/mol. The summed E-state index contributed by atoms with van der Waals surface area (Å²) < 4.78 is 0. The molecule has 2 nitrogen and oxygen atoms in total. The second-order valence-electron chi connectivity index (χ2n) is 1.36. The summed E-state index contributed by atoms with van der Waals surface area (Å²) in [5, 5.41) is 8.15. The van der Waals surface area contributed by atoms with Gasteiger partial charge in [-0.3, -0.25) is 4.79 Å². The normalized spacial score (nSPS) is 13.1. The largest absolute Gasteiger partial charge is 0.481 e. The highest BCUT2D eigenvalue weighted by Gasteiger charge is 2.02. The third-order valence-electron chi connectivity index (χ3n) is 0.743. The molecule has 1 unspecified atom stereocenters. The second-order valence-corrected chi connectivity index (χ2v) is 2.61. The standard InChI is InChI=1S/C4H8O2Si/c1-2-3(7)4(5)6/h2-3H,1H2,7H3,(H,5,6). The van der Waals surface area contributed by atoms with Crippen LogP contribution in [0.4, 0.5) is 0 Å². The molecule has 0 aliphatic rings. The maximum Gasteiger partial charge on any atom is 0.306 e. The van der Waals surface area contributed by atoms with Crippen LogP contribution in [-0.4, -0.2) is 21.3 Å². The summed E-state index contributed by atoms with van der Waals surface area (Å²) in [6.07, 6.45) is 1.45. The third kappa shape index (κ3) is 2.16. The van der Waals surface area contributed by atoms with Crippen molar-refractivity contribution < 1.29 is 9.90 Å². The van der Waals surface area contributed by atoms with Crippen LogP contribution in [-0.2, 0) is 4.79 Å². The van der Waals surface area contributed by atoms with Crippen molar-refractivity contribution in [2.45, 2.75) is 5.54 Å². The molecular formula is C4H8O2Si. The smallest absolute Gasteiger partial charge is 0.306 e. The molecule has 0 aromatic heterocycles. The van der Waals surface area contributed by atoms with Crippen molar-refractivity contribution in [1.82, 2.24) is 0 Å². The molecule has 0 rings (SSSR count). The number of aliphatic carboxylic acids is 1. The first-order valence-electron chi connectivity index (χ1n) is 2.04. The molecule has 0 spiro atoms. The van der Waals surface area contributed by atoms with Gasteiger partial charge >= 0.3 is 5.97 Å². The summed E-state index contributed by atoms with van der Waals surface area (Å²) in [4.78, 5) is 9.89. The fourth-order valence-corrected chi connectivity index (χ4v) is 0.101. The fraction of sp³-hybridized carbons (Fsp3) is 0.250. The van der Waals surface area contributed by atoms with Crippen molar-refractivity contribution in [3.8, 4) is 0 Å². The Morgan fingerprint density at radius 3 is 2.43 bits per heavy atom. The third-order valence-corrected chi connectivity index (χ3v) is 1.71. The predicted octanol–water partition coefficient (Wildman–Crippen LogP) is -0.589. The van der Waals surface area contributed by atoms with E-state index in [-0.39, 0.29) is 5.54 Å². The van der Waals surface area contributed by atoms with Crippen molar-refractivity contribution >= 4 is 16.2 Å². The van der Waals surface area contributed by atoms with E-state index in [2.05, 4.69) is 6.58 Å². The molecule has 40 valence electrons. The van der Waals surface area contributed by atoms with Gasteiger partial charge in [0, 0.05) is 10.2 Å². The Hall–Kier alpha value is -0.573. The minimum absolute atomic E-state index is 0.278. The SMILES string of the molecule is C=CC([SiH3])C(=O)O. The molecule has 0 saturated heterocycles. The van der Waals surface area contributed by atoms with Crippen molar-refractivity contribution in [2.75, 3.05) is 0 Å². The summed E-state index contributed by atoms with van der Waals surface area (Å²) in [5.74, 6) is -0.762. The molecule has 0 bridgehead atoms. The summed E-state index contributed by atoms with van der Waals surface area (Å²) in [6.45, 7) is 3.34. The maximum absolute atomic E-state index is 9.89. The lowest BCUT2D eigenvalue weighted by molar-refractivity contribution is -0.135. The lowest BCUT2D eigenvalue weighted by Gasteiger charge is -1.91. The molecule has 0 aromatic rings. The van der Waals surface area contributed by atoms with E-state index in [1.165, 1.54) is 6.08 Å². The van der Waals surface area contributed by atoms with E-state index in [1.807, 2.05) is 0 Å². The zero-order chi connectivity index (χ0) is 5.86. The molecular weight excluding hydrogens is 108 g/mol. The van der Waals surface area contributed by atoms with Gasteiger partial charge in [-0.2, -0.15) is 0 Å². The van der Waals surface area contributed by atoms with Gasteiger partial charge in [0.1, 0.15) is 0 Å². The van der Waals surface area contributed by atoms with Crippen molar-refractivity contribution in [1.29, 1.82) is 0 Å². The van der Waals surface area contributed by atoms with Crippen LogP contribution in [0.15, 0.2) is 12.7 Å². The van der Waals surface area contributed by atoms with Gasteiger partial charge in [0.25, 0.3) is 0 Å². The summed E-state index contributed by atoms with van der Waals surface area (Å²) in [6, 6.07) is 0. The average Bonchev–Trinajstić information content (AvgIpc) is 1.65. The quantitative estimate of drug-likeness (QED) is 0.387. The van der Waals surface area contributed by atoms with E-state index in [4.69, 9.17) is 5.11 Å². The highest BCUT2D eigenvalue weighted by molar-refractivity contribution is 6.23. The number of carbonyl (C=O) groups is 1. The lowest BCUT2D eigenvalue weighted by atomic mass is 10.4. The molecule has 1 atom stereocenters. The van der Waals surface area contributed by atoms with Gasteiger partial charge in [0.05, 0.1) is 5.54 Å². The number of carboxylic acids is 1. The minimum atomic E-state index is -0.762. The zero-order valence-corrected chi connectivity index (χ0v) is 6.22. The number of hydrogen-bond acceptors (Lipinski definition) is 1. The van der Waals surface area contributed by atoms with Crippen LogP contribution in [0.3, 0.4) is 0 Å².